The van der Waals surface area contributed by atoms with Crippen LogP contribution in [0.3, 0.4) is 0 Å². The van der Waals surface area contributed by atoms with Crippen molar-refractivity contribution in [1.29, 1.82) is 0 Å². The van der Waals surface area contributed by atoms with Gasteiger partial charge in [0.2, 0.25) is 0 Å². The average molecular weight is 379 g/mol. The molecular formula is C24H26O2S. The fourth-order valence-corrected chi connectivity index (χ4v) is 4.75. The van der Waals surface area contributed by atoms with Gasteiger partial charge in [0.15, 0.2) is 0 Å². The summed E-state index contributed by atoms with van der Waals surface area (Å²) in [4.78, 5) is 2.70. The van der Waals surface area contributed by atoms with Gasteiger partial charge in [0, 0.05) is 16.2 Å². The van der Waals surface area contributed by atoms with Crippen molar-refractivity contribution in [3.05, 3.63) is 81.5 Å². The third-order valence-electron chi connectivity index (χ3n) is 5.38. The Balaban J connectivity index is 1.53. The minimum Gasteiger partial charge on any atom is -0.495 e. The molecule has 2 aliphatic rings. The van der Waals surface area contributed by atoms with Gasteiger partial charge in [0.25, 0.3) is 0 Å². The second-order valence-electron chi connectivity index (χ2n) is 7.50. The third kappa shape index (κ3) is 4.10. The molecule has 0 saturated carbocycles. The molecule has 2 nitrogen and oxygen atoms in total. The van der Waals surface area contributed by atoms with Crippen LogP contribution in [0, 0.1) is 6.92 Å². The Kier molecular flexibility index (Phi) is 5.33. The van der Waals surface area contributed by atoms with E-state index < -0.39 is 6.10 Å². The smallest absolute Gasteiger partial charge is 0.128 e. The number of hydrogen-bond acceptors (Lipinski definition) is 3. The summed E-state index contributed by atoms with van der Waals surface area (Å²) >= 11 is 1.87. The van der Waals surface area contributed by atoms with Crippen molar-refractivity contribution >= 4 is 11.3 Å². The molecule has 0 bridgehead atoms. The lowest BCUT2D eigenvalue weighted by atomic mass is 9.89. The van der Waals surface area contributed by atoms with Crippen molar-refractivity contribution in [2.45, 2.75) is 45.6 Å². The van der Waals surface area contributed by atoms with Gasteiger partial charge in [-0.05, 0) is 56.4 Å². The Hall–Kier alpha value is -2.10. The van der Waals surface area contributed by atoms with E-state index in [9.17, 15) is 5.11 Å². The van der Waals surface area contributed by atoms with Crippen molar-refractivity contribution in [1.82, 2.24) is 0 Å². The van der Waals surface area contributed by atoms with Crippen molar-refractivity contribution < 1.29 is 9.84 Å². The maximum atomic E-state index is 10.3. The van der Waals surface area contributed by atoms with Crippen LogP contribution in [-0.2, 0) is 11.2 Å². The summed E-state index contributed by atoms with van der Waals surface area (Å²) in [5.74, 6) is 0.786. The van der Waals surface area contributed by atoms with E-state index in [0.29, 0.717) is 6.61 Å². The molecule has 0 radical (unpaired) electrons. The number of rotatable bonds is 3. The molecule has 1 aromatic heterocycles. The van der Waals surface area contributed by atoms with E-state index in [4.69, 9.17) is 4.74 Å². The van der Waals surface area contributed by atoms with E-state index in [1.807, 2.05) is 11.3 Å². The Morgan fingerprint density at radius 2 is 1.89 bits per heavy atom. The summed E-state index contributed by atoms with van der Waals surface area (Å²) in [6, 6.07) is 13.2. The SMILES string of the molecule is CC1=C(Cc2ccc(-c3ccc(C)cc3)s2)C/C(=C2/OCCC[C@H]2O)C=C1. The minimum atomic E-state index is -0.451. The number of aryl methyl sites for hydroxylation is 1. The molecule has 0 unspecified atom stereocenters. The molecule has 1 aliphatic heterocycles. The van der Waals surface area contributed by atoms with Gasteiger partial charge in [-0.2, -0.15) is 0 Å². The van der Waals surface area contributed by atoms with Crippen LogP contribution < -0.4 is 0 Å². The predicted octanol–water partition coefficient (Wildman–Crippen LogP) is 5.97. The zero-order valence-electron chi connectivity index (χ0n) is 16.0. The Labute approximate surface area is 165 Å². The highest BCUT2D eigenvalue weighted by Crippen LogP contribution is 2.34. The highest BCUT2D eigenvalue weighted by atomic mass is 32.1. The van der Waals surface area contributed by atoms with Crippen molar-refractivity contribution in [2.75, 3.05) is 6.61 Å². The normalized spacial score (nSPS) is 22.9. The van der Waals surface area contributed by atoms with Gasteiger partial charge in [0.1, 0.15) is 11.9 Å². The Morgan fingerprint density at radius 3 is 2.67 bits per heavy atom. The van der Waals surface area contributed by atoms with Crippen LogP contribution in [0.15, 0.2) is 71.0 Å². The molecule has 0 amide bonds. The Bertz CT molecular complexity index is 912. The largest absolute Gasteiger partial charge is 0.495 e. The topological polar surface area (TPSA) is 29.5 Å². The lowest BCUT2D eigenvalue weighted by Crippen LogP contribution is -2.22. The highest BCUT2D eigenvalue weighted by Gasteiger charge is 2.23. The minimum absolute atomic E-state index is 0.451. The molecule has 3 heteroatoms. The van der Waals surface area contributed by atoms with Crippen LogP contribution in [0.4, 0.5) is 0 Å². The van der Waals surface area contributed by atoms with Crippen LogP contribution in [0.25, 0.3) is 10.4 Å². The van der Waals surface area contributed by atoms with E-state index in [1.54, 1.807) is 0 Å². The van der Waals surface area contributed by atoms with E-state index in [-0.39, 0.29) is 0 Å². The first-order valence-corrected chi connectivity index (χ1v) is 10.5. The van der Waals surface area contributed by atoms with Crippen molar-refractivity contribution in [3.63, 3.8) is 0 Å². The lowest BCUT2D eigenvalue weighted by Gasteiger charge is -2.26. The number of aliphatic hydroxyl groups excluding tert-OH is 1. The monoisotopic (exact) mass is 378 g/mol. The standard InChI is InChI=1S/C24H26O2S/c1-16-5-8-18(9-6-16)23-12-11-21(27-23)15-20-14-19(10-7-17(20)2)24-22(25)4-3-13-26-24/h5-12,22,25H,3-4,13-15H2,1-2H3/b24-19+/t22-/m1/s1. The molecule has 140 valence electrons. The predicted molar refractivity (Wildman–Crippen MR) is 113 cm³/mol. The first kappa shape index (κ1) is 18.3. The summed E-state index contributed by atoms with van der Waals surface area (Å²) in [6.07, 6.45) is 7.39. The molecule has 1 aliphatic carbocycles. The molecule has 0 spiro atoms. The molecule has 4 rings (SSSR count). The van der Waals surface area contributed by atoms with Crippen LogP contribution >= 0.6 is 11.3 Å². The van der Waals surface area contributed by atoms with Crippen LogP contribution in [0.1, 0.15) is 36.6 Å². The highest BCUT2D eigenvalue weighted by molar-refractivity contribution is 7.15. The summed E-state index contributed by atoms with van der Waals surface area (Å²) < 4.78 is 5.79. The molecule has 1 fully saturated rings. The summed E-state index contributed by atoms with van der Waals surface area (Å²) in [5, 5.41) is 10.3. The third-order valence-corrected chi connectivity index (χ3v) is 6.51. The maximum Gasteiger partial charge on any atom is 0.128 e. The summed E-state index contributed by atoms with van der Waals surface area (Å²) in [5.41, 5.74) is 6.46. The van der Waals surface area contributed by atoms with E-state index >= 15 is 0 Å². The molecule has 2 aromatic rings. The van der Waals surface area contributed by atoms with Crippen LogP contribution in [-0.4, -0.2) is 17.8 Å². The molecule has 27 heavy (non-hydrogen) atoms. The van der Waals surface area contributed by atoms with Gasteiger partial charge in [0.05, 0.1) is 6.61 Å². The average Bonchev–Trinajstić information content (AvgIpc) is 3.13. The number of aliphatic hydroxyl groups is 1. The molecule has 2 heterocycles. The lowest BCUT2D eigenvalue weighted by molar-refractivity contribution is 0.0530. The molecule has 1 atom stereocenters. The second-order valence-corrected chi connectivity index (χ2v) is 8.67. The fourth-order valence-electron chi connectivity index (χ4n) is 3.69. The molecular weight excluding hydrogens is 352 g/mol. The van der Waals surface area contributed by atoms with Gasteiger partial charge >= 0.3 is 0 Å². The zero-order chi connectivity index (χ0) is 18.8. The molecule has 1 N–H and O–H groups in total. The maximum absolute atomic E-state index is 10.3. The summed E-state index contributed by atoms with van der Waals surface area (Å²) in [7, 11) is 0. The van der Waals surface area contributed by atoms with E-state index in [2.05, 4.69) is 62.4 Å². The molecule has 1 aromatic carbocycles. The number of ether oxygens (including phenoxy) is 1. The van der Waals surface area contributed by atoms with Gasteiger partial charge < -0.3 is 9.84 Å². The van der Waals surface area contributed by atoms with Gasteiger partial charge in [-0.25, -0.2) is 0 Å². The zero-order valence-corrected chi connectivity index (χ0v) is 16.8. The Morgan fingerprint density at radius 1 is 1.07 bits per heavy atom. The number of hydrogen-bond donors (Lipinski definition) is 1. The number of thiophene rings is 1. The van der Waals surface area contributed by atoms with E-state index in [1.165, 1.54) is 32.0 Å². The molecule has 1 saturated heterocycles. The van der Waals surface area contributed by atoms with Crippen molar-refractivity contribution in [3.8, 4) is 10.4 Å². The first-order valence-electron chi connectivity index (χ1n) is 9.66. The quantitative estimate of drug-likeness (QED) is 0.713. The fraction of sp³-hybridized carbons (Fsp3) is 0.333. The van der Waals surface area contributed by atoms with Crippen molar-refractivity contribution in [2.24, 2.45) is 0 Å². The van der Waals surface area contributed by atoms with Gasteiger partial charge in [-0.3, -0.25) is 0 Å². The first-order chi connectivity index (χ1) is 13.1. The number of benzene rings is 1. The number of allylic oxidation sites excluding steroid dienone is 5. The van der Waals surface area contributed by atoms with Gasteiger partial charge in [-0.1, -0.05) is 53.1 Å². The second kappa shape index (κ2) is 7.87. The van der Waals surface area contributed by atoms with Crippen LogP contribution in [0.5, 0.6) is 0 Å². The van der Waals surface area contributed by atoms with E-state index in [0.717, 1.165) is 37.0 Å². The van der Waals surface area contributed by atoms with Gasteiger partial charge in [-0.15, -0.1) is 11.3 Å². The van der Waals surface area contributed by atoms with Crippen LogP contribution in [0.2, 0.25) is 0 Å². The summed E-state index contributed by atoms with van der Waals surface area (Å²) in [6.45, 7) is 5.01.